The number of anilines is 1. The van der Waals surface area contributed by atoms with E-state index in [1.807, 2.05) is 25.4 Å². The third kappa shape index (κ3) is 2.64. The molecule has 8 heteroatoms. The van der Waals surface area contributed by atoms with Gasteiger partial charge in [-0.3, -0.25) is 0 Å². The summed E-state index contributed by atoms with van der Waals surface area (Å²) in [6.07, 6.45) is 1.84. The molecule has 1 saturated heterocycles. The van der Waals surface area contributed by atoms with E-state index in [0.717, 1.165) is 64.9 Å². The third-order valence-electron chi connectivity index (χ3n) is 4.97. The van der Waals surface area contributed by atoms with Gasteiger partial charge in [-0.1, -0.05) is 12.1 Å². The van der Waals surface area contributed by atoms with Crippen LogP contribution in [0.15, 0.2) is 24.5 Å². The number of aromatic amines is 1. The number of nitrogens with zero attached hydrogens (tertiary/aromatic N) is 6. The number of benzene rings is 1. The quantitative estimate of drug-likeness (QED) is 0.602. The fraction of sp³-hybridized carbons (Fsp3) is 0.368. The average molecular weight is 363 g/mol. The standard InChI is InChI=1S/C19H21N7O/c1-3-25-11-20-17-16(13-5-4-6-14-15(13)22-12(2)21-14)23-19(24-18(17)25)26-7-9-27-10-8-26/h4-6,11H,3,7-10H2,1-2H3,(H,21,22). The van der Waals surface area contributed by atoms with Gasteiger partial charge >= 0.3 is 0 Å². The van der Waals surface area contributed by atoms with Crippen LogP contribution < -0.4 is 4.90 Å². The molecule has 0 saturated carbocycles. The van der Waals surface area contributed by atoms with Gasteiger partial charge in [-0.2, -0.15) is 4.98 Å². The molecular formula is C19H21N7O. The highest BCUT2D eigenvalue weighted by Crippen LogP contribution is 2.32. The minimum absolute atomic E-state index is 0.692. The van der Waals surface area contributed by atoms with Gasteiger partial charge in [0.25, 0.3) is 0 Å². The number of para-hydroxylation sites is 1. The number of fused-ring (bicyclic) bond motifs is 2. The average Bonchev–Trinajstić information content (AvgIpc) is 3.29. The Kier molecular flexibility index (Phi) is 3.78. The SMILES string of the molecule is CCn1cnc2c(-c3cccc4[nH]c(C)nc34)nc(N3CCOCC3)nc21. The van der Waals surface area contributed by atoms with Gasteiger partial charge in [-0.15, -0.1) is 0 Å². The van der Waals surface area contributed by atoms with E-state index in [4.69, 9.17) is 14.7 Å². The van der Waals surface area contributed by atoms with Gasteiger partial charge in [0, 0.05) is 25.2 Å². The number of hydrogen-bond acceptors (Lipinski definition) is 6. The summed E-state index contributed by atoms with van der Waals surface area (Å²) in [5, 5.41) is 0. The Labute approximate surface area is 156 Å². The minimum atomic E-state index is 0.692. The molecule has 3 aromatic heterocycles. The van der Waals surface area contributed by atoms with Crippen LogP contribution in [-0.4, -0.2) is 55.8 Å². The Hall–Kier alpha value is -3.00. The molecule has 1 aliphatic rings. The van der Waals surface area contributed by atoms with Crippen LogP contribution in [0, 0.1) is 6.92 Å². The lowest BCUT2D eigenvalue weighted by Crippen LogP contribution is -2.37. The smallest absolute Gasteiger partial charge is 0.228 e. The Bertz CT molecular complexity index is 1120. The number of hydrogen-bond donors (Lipinski definition) is 1. The second-order valence-corrected chi connectivity index (χ2v) is 6.70. The first kappa shape index (κ1) is 16.2. The maximum Gasteiger partial charge on any atom is 0.228 e. The molecule has 4 heterocycles. The Morgan fingerprint density at radius 1 is 1.11 bits per heavy atom. The normalized spacial score (nSPS) is 15.1. The lowest BCUT2D eigenvalue weighted by molar-refractivity contribution is 0.122. The molecule has 1 N–H and O–H groups in total. The molecule has 0 unspecified atom stereocenters. The van der Waals surface area contributed by atoms with Crippen LogP contribution >= 0.6 is 0 Å². The van der Waals surface area contributed by atoms with Crippen LogP contribution in [0.4, 0.5) is 5.95 Å². The van der Waals surface area contributed by atoms with E-state index in [2.05, 4.69) is 37.4 Å². The maximum atomic E-state index is 5.48. The fourth-order valence-corrected chi connectivity index (χ4v) is 3.60. The van der Waals surface area contributed by atoms with E-state index < -0.39 is 0 Å². The second kappa shape index (κ2) is 6.31. The first-order valence-corrected chi connectivity index (χ1v) is 9.26. The zero-order valence-corrected chi connectivity index (χ0v) is 15.4. The van der Waals surface area contributed by atoms with Crippen LogP contribution in [0.5, 0.6) is 0 Å². The Balaban J connectivity index is 1.78. The van der Waals surface area contributed by atoms with Crippen molar-refractivity contribution in [1.29, 1.82) is 0 Å². The number of aryl methyl sites for hydroxylation is 2. The fourth-order valence-electron chi connectivity index (χ4n) is 3.60. The number of imidazole rings is 2. The summed E-state index contributed by atoms with van der Waals surface area (Å²) >= 11 is 0. The summed E-state index contributed by atoms with van der Waals surface area (Å²) in [7, 11) is 0. The molecule has 1 aromatic carbocycles. The van der Waals surface area contributed by atoms with Gasteiger partial charge in [0.2, 0.25) is 5.95 Å². The highest BCUT2D eigenvalue weighted by atomic mass is 16.5. The van der Waals surface area contributed by atoms with Crippen LogP contribution in [0.2, 0.25) is 0 Å². The minimum Gasteiger partial charge on any atom is -0.378 e. The van der Waals surface area contributed by atoms with E-state index in [-0.39, 0.29) is 0 Å². The topological polar surface area (TPSA) is 84.8 Å². The summed E-state index contributed by atoms with van der Waals surface area (Å²) in [4.78, 5) is 24.5. The van der Waals surface area contributed by atoms with E-state index in [1.54, 1.807) is 0 Å². The molecule has 0 aliphatic carbocycles. The molecule has 0 atom stereocenters. The number of morpholine rings is 1. The van der Waals surface area contributed by atoms with E-state index in [1.165, 1.54) is 0 Å². The van der Waals surface area contributed by atoms with Crippen molar-refractivity contribution in [2.45, 2.75) is 20.4 Å². The summed E-state index contributed by atoms with van der Waals surface area (Å²) in [6, 6.07) is 6.11. The summed E-state index contributed by atoms with van der Waals surface area (Å²) in [5.74, 6) is 1.61. The van der Waals surface area contributed by atoms with Crippen molar-refractivity contribution in [2.75, 3.05) is 31.2 Å². The van der Waals surface area contributed by atoms with Gasteiger partial charge in [0.1, 0.15) is 17.0 Å². The van der Waals surface area contributed by atoms with Crippen molar-refractivity contribution < 1.29 is 4.74 Å². The van der Waals surface area contributed by atoms with Crippen molar-refractivity contribution >= 4 is 28.1 Å². The molecule has 5 rings (SSSR count). The van der Waals surface area contributed by atoms with Crippen LogP contribution in [-0.2, 0) is 11.3 Å². The Morgan fingerprint density at radius 2 is 1.96 bits per heavy atom. The van der Waals surface area contributed by atoms with Crippen molar-refractivity contribution in [1.82, 2.24) is 29.5 Å². The summed E-state index contributed by atoms with van der Waals surface area (Å²) in [5.41, 5.74) is 5.37. The third-order valence-corrected chi connectivity index (χ3v) is 4.97. The van der Waals surface area contributed by atoms with E-state index in [0.29, 0.717) is 13.2 Å². The van der Waals surface area contributed by atoms with Crippen molar-refractivity contribution in [3.63, 3.8) is 0 Å². The number of nitrogens with one attached hydrogen (secondary N) is 1. The van der Waals surface area contributed by atoms with Gasteiger partial charge in [0.05, 0.1) is 30.6 Å². The van der Waals surface area contributed by atoms with Gasteiger partial charge < -0.3 is 19.2 Å². The first-order valence-electron chi connectivity index (χ1n) is 9.26. The molecular weight excluding hydrogens is 342 g/mol. The predicted molar refractivity (Wildman–Crippen MR) is 104 cm³/mol. The number of rotatable bonds is 3. The zero-order valence-electron chi connectivity index (χ0n) is 15.4. The lowest BCUT2D eigenvalue weighted by atomic mass is 10.1. The van der Waals surface area contributed by atoms with Crippen molar-refractivity contribution in [2.24, 2.45) is 0 Å². The number of ether oxygens (including phenoxy) is 1. The Morgan fingerprint density at radius 3 is 2.78 bits per heavy atom. The van der Waals surface area contributed by atoms with Gasteiger partial charge in [-0.25, -0.2) is 15.0 Å². The first-order chi connectivity index (χ1) is 13.2. The lowest BCUT2D eigenvalue weighted by Gasteiger charge is -2.27. The maximum absolute atomic E-state index is 5.48. The van der Waals surface area contributed by atoms with Gasteiger partial charge in [0.15, 0.2) is 5.65 Å². The van der Waals surface area contributed by atoms with Gasteiger partial charge in [-0.05, 0) is 19.9 Å². The van der Waals surface area contributed by atoms with Crippen molar-refractivity contribution in [3.05, 3.63) is 30.4 Å². The monoisotopic (exact) mass is 363 g/mol. The van der Waals surface area contributed by atoms with Crippen LogP contribution in [0.3, 0.4) is 0 Å². The largest absolute Gasteiger partial charge is 0.378 e. The van der Waals surface area contributed by atoms with Crippen LogP contribution in [0.25, 0.3) is 33.5 Å². The number of aromatic nitrogens is 6. The zero-order chi connectivity index (χ0) is 18.4. The molecule has 0 spiro atoms. The summed E-state index contributed by atoms with van der Waals surface area (Å²) in [6.45, 7) is 7.82. The predicted octanol–water partition coefficient (Wildman–Crippen LogP) is 2.53. The summed E-state index contributed by atoms with van der Waals surface area (Å²) < 4.78 is 7.54. The molecule has 0 amide bonds. The van der Waals surface area contributed by atoms with Crippen LogP contribution in [0.1, 0.15) is 12.7 Å². The molecule has 138 valence electrons. The highest BCUT2D eigenvalue weighted by Gasteiger charge is 2.21. The highest BCUT2D eigenvalue weighted by molar-refractivity contribution is 5.98. The molecule has 27 heavy (non-hydrogen) atoms. The molecule has 0 bridgehead atoms. The number of H-pyrrole nitrogens is 1. The van der Waals surface area contributed by atoms with E-state index in [9.17, 15) is 0 Å². The molecule has 0 radical (unpaired) electrons. The molecule has 1 fully saturated rings. The van der Waals surface area contributed by atoms with E-state index >= 15 is 0 Å². The molecule has 4 aromatic rings. The molecule has 8 nitrogen and oxygen atoms in total. The second-order valence-electron chi connectivity index (χ2n) is 6.70. The molecule has 1 aliphatic heterocycles. The van der Waals surface area contributed by atoms with Crippen molar-refractivity contribution in [3.8, 4) is 11.3 Å².